The van der Waals surface area contributed by atoms with E-state index in [9.17, 15) is 22.8 Å². The molecule has 0 saturated heterocycles. The van der Waals surface area contributed by atoms with Gasteiger partial charge >= 0.3 is 18.1 Å². The van der Waals surface area contributed by atoms with Crippen LogP contribution in [0.1, 0.15) is 11.1 Å². The van der Waals surface area contributed by atoms with E-state index in [4.69, 9.17) is 5.11 Å². The molecule has 4 nitrogen and oxygen atoms in total. The number of carbonyl (C=O) groups is 2. The van der Waals surface area contributed by atoms with Crippen LogP contribution in [0.2, 0.25) is 0 Å². The van der Waals surface area contributed by atoms with E-state index in [-0.39, 0.29) is 12.0 Å². The van der Waals surface area contributed by atoms with Gasteiger partial charge in [-0.2, -0.15) is 13.2 Å². The maximum atomic E-state index is 12.5. The van der Waals surface area contributed by atoms with Crippen molar-refractivity contribution in [1.82, 2.24) is 0 Å². The minimum Gasteiger partial charge on any atom is -0.481 e. The minimum atomic E-state index is -4.51. The number of methoxy groups -OCH3 is 1. The molecule has 0 aromatic heterocycles. The van der Waals surface area contributed by atoms with Crippen LogP contribution in [0.15, 0.2) is 24.3 Å². The molecule has 1 atom stereocenters. The van der Waals surface area contributed by atoms with Crippen LogP contribution in [-0.2, 0) is 26.9 Å². The number of esters is 1. The number of halogens is 3. The summed E-state index contributed by atoms with van der Waals surface area (Å²) in [6.07, 6.45) is -4.87. The lowest BCUT2D eigenvalue weighted by Gasteiger charge is -2.12. The molecule has 0 aliphatic rings. The molecule has 1 unspecified atom stereocenters. The number of aliphatic carboxylic acids is 1. The molecule has 1 aromatic rings. The Balaban J connectivity index is 2.98. The molecule has 0 radical (unpaired) electrons. The SMILES string of the molecule is COC(=O)C(Cc1cccc(C(F)(F)F)c1)C(=O)O. The van der Waals surface area contributed by atoms with Crippen molar-refractivity contribution in [3.8, 4) is 0 Å². The lowest BCUT2D eigenvalue weighted by molar-refractivity contribution is -0.156. The van der Waals surface area contributed by atoms with E-state index < -0.39 is 29.6 Å². The second-order valence-corrected chi connectivity index (χ2v) is 3.82. The Morgan fingerprint density at radius 1 is 1.37 bits per heavy atom. The van der Waals surface area contributed by atoms with E-state index in [0.29, 0.717) is 0 Å². The van der Waals surface area contributed by atoms with E-state index in [2.05, 4.69) is 4.74 Å². The summed E-state index contributed by atoms with van der Waals surface area (Å²) in [5.41, 5.74) is -0.786. The number of hydrogen-bond donors (Lipinski definition) is 1. The molecular formula is C12H11F3O4. The van der Waals surface area contributed by atoms with Gasteiger partial charge in [-0.05, 0) is 18.1 Å². The molecule has 0 saturated carbocycles. The average Bonchev–Trinajstić information content (AvgIpc) is 2.34. The molecule has 0 spiro atoms. The van der Waals surface area contributed by atoms with Crippen molar-refractivity contribution in [1.29, 1.82) is 0 Å². The number of carboxylic acids is 1. The Labute approximate surface area is 106 Å². The smallest absolute Gasteiger partial charge is 0.416 e. The largest absolute Gasteiger partial charge is 0.481 e. The van der Waals surface area contributed by atoms with Crippen LogP contribution in [0.5, 0.6) is 0 Å². The third-order valence-corrected chi connectivity index (χ3v) is 2.48. The van der Waals surface area contributed by atoms with E-state index in [1.165, 1.54) is 6.07 Å². The number of alkyl halides is 3. The quantitative estimate of drug-likeness (QED) is 0.676. The predicted octanol–water partition coefficient (Wildman–Crippen LogP) is 2.12. The van der Waals surface area contributed by atoms with E-state index in [0.717, 1.165) is 25.3 Å². The first-order chi connectivity index (χ1) is 8.75. The van der Waals surface area contributed by atoms with Crippen molar-refractivity contribution in [2.45, 2.75) is 12.6 Å². The lowest BCUT2D eigenvalue weighted by atomic mass is 9.98. The van der Waals surface area contributed by atoms with Gasteiger partial charge in [0.15, 0.2) is 5.92 Å². The molecule has 0 bridgehead atoms. The first-order valence-electron chi connectivity index (χ1n) is 5.22. The Morgan fingerprint density at radius 3 is 2.47 bits per heavy atom. The number of rotatable bonds is 4. The van der Waals surface area contributed by atoms with Crippen LogP contribution in [0.4, 0.5) is 13.2 Å². The highest BCUT2D eigenvalue weighted by atomic mass is 19.4. The van der Waals surface area contributed by atoms with Gasteiger partial charge in [0, 0.05) is 0 Å². The summed E-state index contributed by atoms with van der Waals surface area (Å²) in [7, 11) is 1.02. The fraction of sp³-hybridized carbons (Fsp3) is 0.333. The molecule has 19 heavy (non-hydrogen) atoms. The molecule has 1 aromatic carbocycles. The van der Waals surface area contributed by atoms with Gasteiger partial charge in [-0.1, -0.05) is 18.2 Å². The summed E-state index contributed by atoms with van der Waals surface area (Å²) < 4.78 is 41.7. The summed E-state index contributed by atoms with van der Waals surface area (Å²) in [5, 5.41) is 8.84. The first-order valence-corrected chi connectivity index (χ1v) is 5.22. The number of carbonyl (C=O) groups excluding carboxylic acids is 1. The number of hydrogen-bond acceptors (Lipinski definition) is 3. The van der Waals surface area contributed by atoms with Crippen LogP contribution < -0.4 is 0 Å². The van der Waals surface area contributed by atoms with Gasteiger partial charge in [-0.3, -0.25) is 9.59 Å². The zero-order valence-electron chi connectivity index (χ0n) is 9.90. The van der Waals surface area contributed by atoms with Crippen LogP contribution in [0.3, 0.4) is 0 Å². The third-order valence-electron chi connectivity index (χ3n) is 2.48. The number of ether oxygens (including phenoxy) is 1. The average molecular weight is 276 g/mol. The summed E-state index contributed by atoms with van der Waals surface area (Å²) in [6.45, 7) is 0. The molecule has 7 heteroatoms. The maximum Gasteiger partial charge on any atom is 0.416 e. The van der Waals surface area contributed by atoms with Crippen molar-refractivity contribution in [3.63, 3.8) is 0 Å². The van der Waals surface area contributed by atoms with Gasteiger partial charge in [0.05, 0.1) is 12.7 Å². The van der Waals surface area contributed by atoms with E-state index >= 15 is 0 Å². The topological polar surface area (TPSA) is 63.6 Å². The van der Waals surface area contributed by atoms with Crippen LogP contribution in [0.25, 0.3) is 0 Å². The highest BCUT2D eigenvalue weighted by Crippen LogP contribution is 2.30. The Morgan fingerprint density at radius 2 is 2.00 bits per heavy atom. The van der Waals surface area contributed by atoms with Gasteiger partial charge in [0.2, 0.25) is 0 Å². The Hall–Kier alpha value is -2.05. The normalized spacial score (nSPS) is 12.8. The van der Waals surface area contributed by atoms with Crippen molar-refractivity contribution < 1.29 is 32.6 Å². The highest BCUT2D eigenvalue weighted by Gasteiger charge is 2.32. The Bertz CT molecular complexity index is 482. The molecule has 0 aliphatic carbocycles. The maximum absolute atomic E-state index is 12.5. The molecule has 1 rings (SSSR count). The van der Waals surface area contributed by atoms with Gasteiger partial charge < -0.3 is 9.84 Å². The van der Waals surface area contributed by atoms with Crippen molar-refractivity contribution >= 4 is 11.9 Å². The summed E-state index contributed by atoms with van der Waals surface area (Å²) >= 11 is 0. The minimum absolute atomic E-state index is 0.104. The van der Waals surface area contributed by atoms with Crippen LogP contribution >= 0.6 is 0 Å². The van der Waals surface area contributed by atoms with Crippen LogP contribution in [-0.4, -0.2) is 24.2 Å². The molecule has 104 valence electrons. The summed E-state index contributed by atoms with van der Waals surface area (Å²) in [5.74, 6) is -3.96. The molecule has 0 fully saturated rings. The molecule has 0 heterocycles. The molecule has 0 amide bonds. The van der Waals surface area contributed by atoms with Crippen molar-refractivity contribution in [2.24, 2.45) is 5.92 Å². The molecular weight excluding hydrogens is 265 g/mol. The van der Waals surface area contributed by atoms with E-state index in [1.807, 2.05) is 0 Å². The zero-order chi connectivity index (χ0) is 14.6. The second-order valence-electron chi connectivity index (χ2n) is 3.82. The van der Waals surface area contributed by atoms with Crippen LogP contribution in [0, 0.1) is 5.92 Å². The Kier molecular flexibility index (Phi) is 4.52. The highest BCUT2D eigenvalue weighted by molar-refractivity contribution is 5.94. The van der Waals surface area contributed by atoms with Gasteiger partial charge in [0.1, 0.15) is 0 Å². The second kappa shape index (κ2) is 5.73. The first kappa shape index (κ1) is 15.0. The number of carboxylic acid groups (broad SMARTS) is 1. The molecule has 0 aliphatic heterocycles. The molecule has 1 N–H and O–H groups in total. The standard InChI is InChI=1S/C12H11F3O4/c1-19-11(18)9(10(16)17)6-7-3-2-4-8(5-7)12(13,14)15/h2-5,9H,6H2,1H3,(H,16,17). The van der Waals surface area contributed by atoms with Gasteiger partial charge in [-0.15, -0.1) is 0 Å². The third kappa shape index (κ3) is 3.97. The van der Waals surface area contributed by atoms with E-state index in [1.54, 1.807) is 0 Å². The van der Waals surface area contributed by atoms with Crippen molar-refractivity contribution in [3.05, 3.63) is 35.4 Å². The van der Waals surface area contributed by atoms with Crippen molar-refractivity contribution in [2.75, 3.05) is 7.11 Å². The fourth-order valence-corrected chi connectivity index (χ4v) is 1.52. The number of benzene rings is 1. The van der Waals surface area contributed by atoms with Gasteiger partial charge in [-0.25, -0.2) is 0 Å². The van der Waals surface area contributed by atoms with Gasteiger partial charge in [0.25, 0.3) is 0 Å². The fourth-order valence-electron chi connectivity index (χ4n) is 1.52. The summed E-state index contributed by atoms with van der Waals surface area (Å²) in [6, 6.07) is 4.18. The zero-order valence-corrected chi connectivity index (χ0v) is 9.90. The predicted molar refractivity (Wildman–Crippen MR) is 58.3 cm³/mol. The lowest BCUT2D eigenvalue weighted by Crippen LogP contribution is -2.27. The summed E-state index contributed by atoms with van der Waals surface area (Å²) in [4.78, 5) is 22.1. The monoisotopic (exact) mass is 276 g/mol.